The molecular formula is C42H26N2S. The number of nitrogens with zero attached hydrogens (tertiary/aromatic N) is 2. The summed E-state index contributed by atoms with van der Waals surface area (Å²) in [5.74, 6) is 0. The maximum Gasteiger partial charge on any atom is 0.0641 e. The maximum atomic E-state index is 2.47. The number of hydrogen-bond acceptors (Lipinski definition) is 1. The highest BCUT2D eigenvalue weighted by Gasteiger charge is 2.20. The van der Waals surface area contributed by atoms with Gasteiger partial charge in [-0.2, -0.15) is 0 Å². The van der Waals surface area contributed by atoms with E-state index in [1.165, 1.54) is 80.6 Å². The zero-order valence-electron chi connectivity index (χ0n) is 24.3. The van der Waals surface area contributed by atoms with Gasteiger partial charge in [0.2, 0.25) is 0 Å². The molecule has 0 saturated carbocycles. The SMILES string of the molecule is c1ccc(-n2c3ccccc3c3c2ccc2c4ccccc4n(-c4ccc(-c5ccc6sc7ccccc7c6c5)cc4)c23)cc1. The number of para-hydroxylation sites is 3. The van der Waals surface area contributed by atoms with Crippen LogP contribution in [-0.4, -0.2) is 9.13 Å². The lowest BCUT2D eigenvalue weighted by molar-refractivity contribution is 1.17. The lowest BCUT2D eigenvalue weighted by atomic mass is 10.0. The molecule has 45 heavy (non-hydrogen) atoms. The van der Waals surface area contributed by atoms with E-state index < -0.39 is 0 Å². The highest BCUT2D eigenvalue weighted by atomic mass is 32.1. The van der Waals surface area contributed by atoms with Gasteiger partial charge < -0.3 is 9.13 Å². The van der Waals surface area contributed by atoms with Crippen molar-refractivity contribution in [1.29, 1.82) is 0 Å². The number of aromatic nitrogens is 2. The Kier molecular flexibility index (Phi) is 5.19. The van der Waals surface area contributed by atoms with Crippen LogP contribution in [0.4, 0.5) is 0 Å². The smallest absolute Gasteiger partial charge is 0.0641 e. The van der Waals surface area contributed by atoms with Gasteiger partial charge in [-0.05, 0) is 71.8 Å². The minimum Gasteiger partial charge on any atom is -0.309 e. The topological polar surface area (TPSA) is 9.86 Å². The summed E-state index contributed by atoms with van der Waals surface area (Å²) in [7, 11) is 0. The molecule has 10 aromatic rings. The standard InChI is InChI=1S/C42H26N2S/c1-2-10-29(11-3-1)43-37-16-8-5-14-34(37)41-38(43)24-23-33-31-12-4-7-15-36(31)44(42(33)41)30-21-18-27(19-22-30)28-20-25-40-35(26-28)32-13-6-9-17-39(32)45-40/h1-26H. The van der Waals surface area contributed by atoms with Crippen molar-refractivity contribution in [3.05, 3.63) is 158 Å². The Labute approximate surface area is 263 Å². The van der Waals surface area contributed by atoms with Gasteiger partial charge in [0.1, 0.15) is 0 Å². The number of hydrogen-bond donors (Lipinski definition) is 0. The molecule has 3 heterocycles. The molecule has 3 heteroatoms. The van der Waals surface area contributed by atoms with Crippen LogP contribution in [-0.2, 0) is 0 Å². The zero-order chi connectivity index (χ0) is 29.5. The lowest BCUT2D eigenvalue weighted by Gasteiger charge is -2.11. The Morgan fingerprint density at radius 3 is 1.80 bits per heavy atom. The van der Waals surface area contributed by atoms with Gasteiger partial charge >= 0.3 is 0 Å². The monoisotopic (exact) mass is 590 g/mol. The van der Waals surface area contributed by atoms with Gasteiger partial charge in [0.15, 0.2) is 0 Å². The van der Waals surface area contributed by atoms with E-state index in [9.17, 15) is 0 Å². The Bertz CT molecular complexity index is 2740. The second-order valence-electron chi connectivity index (χ2n) is 11.8. The average Bonchev–Trinajstić information content (AvgIpc) is 3.76. The van der Waals surface area contributed by atoms with Crippen LogP contribution in [0.15, 0.2) is 158 Å². The first-order chi connectivity index (χ1) is 22.3. The molecule has 3 aromatic heterocycles. The fraction of sp³-hybridized carbons (Fsp3) is 0. The first-order valence-corrected chi connectivity index (χ1v) is 16.2. The fourth-order valence-electron chi connectivity index (χ4n) is 7.34. The number of thiophene rings is 1. The minimum absolute atomic E-state index is 1.16. The van der Waals surface area contributed by atoms with Crippen LogP contribution >= 0.6 is 11.3 Å². The third kappa shape index (κ3) is 3.56. The van der Waals surface area contributed by atoms with Crippen molar-refractivity contribution in [2.75, 3.05) is 0 Å². The molecule has 0 aliphatic heterocycles. The summed E-state index contributed by atoms with van der Waals surface area (Å²) in [6, 6.07) is 57.6. The molecule has 2 nitrogen and oxygen atoms in total. The molecule has 0 aliphatic carbocycles. The molecule has 0 saturated heterocycles. The summed E-state index contributed by atoms with van der Waals surface area (Å²) in [4.78, 5) is 0. The van der Waals surface area contributed by atoms with Crippen molar-refractivity contribution in [1.82, 2.24) is 9.13 Å². The second kappa shape index (κ2) is 9.43. The molecule has 7 aromatic carbocycles. The molecule has 0 atom stereocenters. The summed E-state index contributed by atoms with van der Waals surface area (Å²) in [6.45, 7) is 0. The molecule has 0 amide bonds. The molecule has 0 radical (unpaired) electrons. The first kappa shape index (κ1) is 24.8. The molecule has 0 bridgehead atoms. The van der Waals surface area contributed by atoms with Crippen molar-refractivity contribution in [2.24, 2.45) is 0 Å². The van der Waals surface area contributed by atoms with Crippen LogP contribution in [0.1, 0.15) is 0 Å². The van der Waals surface area contributed by atoms with Crippen LogP contribution in [0, 0.1) is 0 Å². The summed E-state index contributed by atoms with van der Waals surface area (Å²) in [5, 5.41) is 7.75. The van der Waals surface area contributed by atoms with E-state index in [4.69, 9.17) is 0 Å². The van der Waals surface area contributed by atoms with E-state index >= 15 is 0 Å². The highest BCUT2D eigenvalue weighted by Crippen LogP contribution is 2.42. The van der Waals surface area contributed by atoms with Crippen LogP contribution in [0.2, 0.25) is 0 Å². The van der Waals surface area contributed by atoms with Gasteiger partial charge in [0, 0.05) is 53.1 Å². The first-order valence-electron chi connectivity index (χ1n) is 15.4. The summed E-state index contributed by atoms with van der Waals surface area (Å²) in [5.41, 5.74) is 9.70. The predicted octanol–water partition coefficient (Wildman–Crippen LogP) is 11.9. The molecule has 0 N–H and O–H groups in total. The van der Waals surface area contributed by atoms with Gasteiger partial charge in [-0.15, -0.1) is 11.3 Å². The molecule has 210 valence electrons. The van der Waals surface area contributed by atoms with Crippen LogP contribution in [0.3, 0.4) is 0 Å². The fourth-order valence-corrected chi connectivity index (χ4v) is 8.43. The Morgan fingerprint density at radius 2 is 0.978 bits per heavy atom. The summed E-state index contributed by atoms with van der Waals surface area (Å²) < 4.78 is 7.54. The van der Waals surface area contributed by atoms with Gasteiger partial charge in [-0.1, -0.05) is 97.1 Å². The predicted molar refractivity (Wildman–Crippen MR) is 193 cm³/mol. The number of rotatable bonds is 3. The highest BCUT2D eigenvalue weighted by molar-refractivity contribution is 7.25. The van der Waals surface area contributed by atoms with Crippen molar-refractivity contribution in [3.63, 3.8) is 0 Å². The van der Waals surface area contributed by atoms with Gasteiger partial charge in [-0.25, -0.2) is 0 Å². The normalized spacial score (nSPS) is 12.0. The zero-order valence-corrected chi connectivity index (χ0v) is 25.1. The van der Waals surface area contributed by atoms with Gasteiger partial charge in [0.05, 0.1) is 22.1 Å². The second-order valence-corrected chi connectivity index (χ2v) is 12.8. The van der Waals surface area contributed by atoms with Crippen LogP contribution in [0.25, 0.3) is 86.3 Å². The lowest BCUT2D eigenvalue weighted by Crippen LogP contribution is -1.95. The largest absolute Gasteiger partial charge is 0.309 e. The molecule has 0 fully saturated rings. The van der Waals surface area contributed by atoms with Crippen LogP contribution < -0.4 is 0 Å². The van der Waals surface area contributed by atoms with Crippen LogP contribution in [0.5, 0.6) is 0 Å². The molecular weight excluding hydrogens is 565 g/mol. The Morgan fingerprint density at radius 1 is 0.356 bits per heavy atom. The summed E-state index contributed by atoms with van der Waals surface area (Å²) in [6.07, 6.45) is 0. The van der Waals surface area contributed by atoms with E-state index in [1.54, 1.807) is 0 Å². The van der Waals surface area contributed by atoms with Gasteiger partial charge in [0.25, 0.3) is 0 Å². The molecule has 0 aliphatic rings. The van der Waals surface area contributed by atoms with E-state index in [0.717, 1.165) is 5.69 Å². The van der Waals surface area contributed by atoms with Crippen molar-refractivity contribution < 1.29 is 0 Å². The number of fused-ring (bicyclic) bond motifs is 10. The molecule has 0 spiro atoms. The van der Waals surface area contributed by atoms with Gasteiger partial charge in [-0.3, -0.25) is 0 Å². The third-order valence-electron chi connectivity index (χ3n) is 9.32. The van der Waals surface area contributed by atoms with E-state index in [2.05, 4.69) is 167 Å². The molecule has 10 rings (SSSR count). The van der Waals surface area contributed by atoms with E-state index in [1.807, 2.05) is 11.3 Å². The van der Waals surface area contributed by atoms with E-state index in [0.29, 0.717) is 0 Å². The van der Waals surface area contributed by atoms with E-state index in [-0.39, 0.29) is 0 Å². The van der Waals surface area contributed by atoms with Crippen molar-refractivity contribution >= 4 is 75.1 Å². The maximum absolute atomic E-state index is 2.47. The molecule has 0 unspecified atom stereocenters. The van der Waals surface area contributed by atoms with Crippen molar-refractivity contribution in [2.45, 2.75) is 0 Å². The Hall–Kier alpha value is -5.64. The Balaban J connectivity index is 1.23. The third-order valence-corrected chi connectivity index (χ3v) is 10.5. The minimum atomic E-state index is 1.16. The number of benzene rings is 7. The summed E-state index contributed by atoms with van der Waals surface area (Å²) >= 11 is 1.87. The average molecular weight is 591 g/mol. The quantitative estimate of drug-likeness (QED) is 0.194. The van der Waals surface area contributed by atoms with Crippen molar-refractivity contribution in [3.8, 4) is 22.5 Å².